The molecule has 2 amide bonds. The zero-order valence-corrected chi connectivity index (χ0v) is 15.9. The zero-order chi connectivity index (χ0) is 19.1. The molecule has 0 saturated heterocycles. The predicted molar refractivity (Wildman–Crippen MR) is 106 cm³/mol. The van der Waals surface area contributed by atoms with Crippen molar-refractivity contribution in [3.8, 4) is 0 Å². The van der Waals surface area contributed by atoms with E-state index >= 15 is 0 Å². The summed E-state index contributed by atoms with van der Waals surface area (Å²) < 4.78 is 0. The molecule has 1 atom stereocenters. The van der Waals surface area contributed by atoms with Crippen molar-refractivity contribution in [2.45, 2.75) is 39.5 Å². The van der Waals surface area contributed by atoms with E-state index in [1.807, 2.05) is 13.8 Å². The number of carbonyl (C=O) groups is 2. The Morgan fingerprint density at radius 1 is 1.27 bits per heavy atom. The minimum Gasteiger partial charge on any atom is -0.325 e. The van der Waals surface area contributed by atoms with Gasteiger partial charge in [0.15, 0.2) is 0 Å². The van der Waals surface area contributed by atoms with Gasteiger partial charge in [0.2, 0.25) is 11.8 Å². The lowest BCUT2D eigenvalue weighted by Crippen LogP contribution is -2.24. The maximum Gasteiger partial charge on any atom is 0.240 e. The third kappa shape index (κ3) is 5.85. The van der Waals surface area contributed by atoms with Gasteiger partial charge in [0.1, 0.15) is 0 Å². The van der Waals surface area contributed by atoms with Crippen molar-refractivity contribution in [1.82, 2.24) is 5.43 Å². The fraction of sp³-hybridized carbons (Fsp3) is 0.350. The number of nitrogens with one attached hydrogen (secondary N) is 2. The summed E-state index contributed by atoms with van der Waals surface area (Å²) in [7, 11) is 0. The highest BCUT2D eigenvalue weighted by Crippen LogP contribution is 2.26. The van der Waals surface area contributed by atoms with Crippen LogP contribution in [0.15, 0.2) is 53.2 Å². The molecule has 0 heterocycles. The summed E-state index contributed by atoms with van der Waals surface area (Å²) in [6, 6.07) is 6.97. The minimum absolute atomic E-state index is 0.0553. The van der Waals surface area contributed by atoms with Gasteiger partial charge in [0.25, 0.3) is 0 Å². The van der Waals surface area contributed by atoms with E-state index in [0.717, 1.165) is 29.7 Å². The van der Waals surface area contributed by atoms with Gasteiger partial charge in [0, 0.05) is 12.8 Å². The van der Waals surface area contributed by atoms with Gasteiger partial charge in [-0.3, -0.25) is 9.59 Å². The minimum atomic E-state index is -0.294. The largest absolute Gasteiger partial charge is 0.325 e. The predicted octanol–water partition coefficient (Wildman–Crippen LogP) is 4.46. The second-order valence-corrected chi connectivity index (χ2v) is 6.90. The number of hydrazone groups is 1. The molecule has 0 unspecified atom stereocenters. The molecule has 5 nitrogen and oxygen atoms in total. The van der Waals surface area contributed by atoms with Gasteiger partial charge >= 0.3 is 0 Å². The van der Waals surface area contributed by atoms with E-state index in [9.17, 15) is 9.59 Å². The number of para-hydroxylation sites is 1. The summed E-state index contributed by atoms with van der Waals surface area (Å²) in [5, 5.41) is 7.38. The summed E-state index contributed by atoms with van der Waals surface area (Å²) in [5.41, 5.74) is 6.12. The van der Waals surface area contributed by atoms with E-state index in [2.05, 4.69) is 28.5 Å². The number of rotatable bonds is 6. The second-order valence-electron chi connectivity index (χ2n) is 6.49. The van der Waals surface area contributed by atoms with Crippen LogP contribution in [-0.2, 0) is 9.59 Å². The number of benzene rings is 1. The fourth-order valence-electron chi connectivity index (χ4n) is 2.61. The fourth-order valence-corrected chi connectivity index (χ4v) is 2.79. The normalized spacial score (nSPS) is 18.2. The molecule has 1 aromatic carbocycles. The Balaban J connectivity index is 1.82. The first kappa shape index (κ1) is 19.9. The lowest BCUT2D eigenvalue weighted by Gasteiger charge is -2.22. The average Bonchev–Trinajstić information content (AvgIpc) is 2.61. The number of allylic oxidation sites excluding steroid dienone is 3. The summed E-state index contributed by atoms with van der Waals surface area (Å²) in [6.45, 7) is 7.99. The van der Waals surface area contributed by atoms with Gasteiger partial charge in [-0.25, -0.2) is 5.43 Å². The highest BCUT2D eigenvalue weighted by atomic mass is 35.5. The molecule has 1 aliphatic carbocycles. The highest BCUT2D eigenvalue weighted by molar-refractivity contribution is 6.33. The molecule has 0 spiro atoms. The van der Waals surface area contributed by atoms with Gasteiger partial charge in [-0.05, 0) is 50.3 Å². The highest BCUT2D eigenvalue weighted by Gasteiger charge is 2.19. The first-order chi connectivity index (χ1) is 12.4. The van der Waals surface area contributed by atoms with Crippen molar-refractivity contribution in [1.29, 1.82) is 0 Å². The summed E-state index contributed by atoms with van der Waals surface area (Å²) in [5.74, 6) is -0.204. The molecule has 6 heteroatoms. The molecule has 26 heavy (non-hydrogen) atoms. The van der Waals surface area contributed by atoms with Gasteiger partial charge in [-0.2, -0.15) is 5.10 Å². The van der Waals surface area contributed by atoms with Gasteiger partial charge < -0.3 is 5.32 Å². The van der Waals surface area contributed by atoms with Gasteiger partial charge in [-0.15, -0.1) is 0 Å². The lowest BCUT2D eigenvalue weighted by molar-refractivity contribution is -0.124. The van der Waals surface area contributed by atoms with E-state index in [1.54, 1.807) is 24.3 Å². The quantitative estimate of drug-likeness (QED) is 0.570. The van der Waals surface area contributed by atoms with E-state index in [1.165, 1.54) is 0 Å². The van der Waals surface area contributed by atoms with Crippen molar-refractivity contribution in [3.63, 3.8) is 0 Å². The Morgan fingerprint density at radius 3 is 2.65 bits per heavy atom. The maximum absolute atomic E-state index is 12.0. The van der Waals surface area contributed by atoms with Crippen LogP contribution in [-0.4, -0.2) is 17.5 Å². The van der Waals surface area contributed by atoms with Crippen LogP contribution in [0.5, 0.6) is 0 Å². The molecule has 0 aromatic heterocycles. The molecule has 0 aliphatic heterocycles. The number of anilines is 1. The smallest absolute Gasteiger partial charge is 0.240 e. The third-order valence-electron chi connectivity index (χ3n) is 4.34. The van der Waals surface area contributed by atoms with Crippen LogP contribution in [0.1, 0.15) is 39.5 Å². The second kappa shape index (κ2) is 9.34. The molecule has 0 fully saturated rings. The molecule has 138 valence electrons. The van der Waals surface area contributed by atoms with Crippen LogP contribution in [0, 0.1) is 5.92 Å². The first-order valence-corrected chi connectivity index (χ1v) is 8.97. The molecule has 0 radical (unpaired) electrons. The molecular formula is C20H24ClN3O2. The molecule has 1 aliphatic rings. The summed E-state index contributed by atoms with van der Waals surface area (Å²) in [6.07, 6.45) is 3.96. The van der Waals surface area contributed by atoms with Crippen LogP contribution < -0.4 is 10.7 Å². The standard InChI is InChI=1S/C20H24ClN3O2/c1-13(2)15-9-8-14(3)18(12-15)23-24-20(26)11-10-19(25)22-17-7-5-4-6-16(17)21/h4-8,15H,1,9-12H2,2-3H3,(H,22,25)(H,24,26)/b23-18-/t15-/m1/s1. The van der Waals surface area contributed by atoms with E-state index in [4.69, 9.17) is 11.6 Å². The van der Waals surface area contributed by atoms with Crippen molar-refractivity contribution in [2.75, 3.05) is 5.32 Å². The average molecular weight is 374 g/mol. The third-order valence-corrected chi connectivity index (χ3v) is 4.67. The SMILES string of the molecule is C=C(C)[C@@H]1CC=C(C)/C(=N\NC(=O)CCC(=O)Nc2ccccc2Cl)C1. The first-order valence-electron chi connectivity index (χ1n) is 8.59. The molecule has 0 bridgehead atoms. The Morgan fingerprint density at radius 2 is 1.96 bits per heavy atom. The number of hydrogen-bond donors (Lipinski definition) is 2. The monoisotopic (exact) mass is 373 g/mol. The lowest BCUT2D eigenvalue weighted by atomic mass is 9.85. The number of amides is 2. The van der Waals surface area contributed by atoms with Crippen LogP contribution in [0.4, 0.5) is 5.69 Å². The topological polar surface area (TPSA) is 70.6 Å². The van der Waals surface area contributed by atoms with Crippen LogP contribution in [0.3, 0.4) is 0 Å². The molecule has 1 aromatic rings. The Kier molecular flexibility index (Phi) is 7.16. The molecule has 2 N–H and O–H groups in total. The van der Waals surface area contributed by atoms with Crippen molar-refractivity contribution >= 4 is 34.8 Å². The van der Waals surface area contributed by atoms with Crippen molar-refractivity contribution in [3.05, 3.63) is 53.1 Å². The van der Waals surface area contributed by atoms with E-state index in [-0.39, 0.29) is 24.7 Å². The Bertz CT molecular complexity index is 768. The number of nitrogens with zero attached hydrogens (tertiary/aromatic N) is 1. The molecule has 0 saturated carbocycles. The summed E-state index contributed by atoms with van der Waals surface area (Å²) >= 11 is 5.99. The molecule has 2 rings (SSSR count). The van der Waals surface area contributed by atoms with Gasteiger partial charge in [0.05, 0.1) is 16.4 Å². The number of halogens is 1. The number of carbonyl (C=O) groups excluding carboxylic acids is 2. The van der Waals surface area contributed by atoms with Crippen LogP contribution in [0.25, 0.3) is 0 Å². The zero-order valence-electron chi connectivity index (χ0n) is 15.1. The van der Waals surface area contributed by atoms with E-state index in [0.29, 0.717) is 16.6 Å². The maximum atomic E-state index is 12.0. The van der Waals surface area contributed by atoms with Crippen LogP contribution >= 0.6 is 11.6 Å². The van der Waals surface area contributed by atoms with Crippen LogP contribution in [0.2, 0.25) is 5.02 Å². The van der Waals surface area contributed by atoms with Crippen molar-refractivity contribution < 1.29 is 9.59 Å². The van der Waals surface area contributed by atoms with Crippen molar-refractivity contribution in [2.24, 2.45) is 11.0 Å². The molecular weight excluding hydrogens is 350 g/mol. The Hall–Kier alpha value is -2.40. The summed E-state index contributed by atoms with van der Waals surface area (Å²) in [4.78, 5) is 23.9. The van der Waals surface area contributed by atoms with E-state index < -0.39 is 0 Å². The van der Waals surface area contributed by atoms with Gasteiger partial charge in [-0.1, -0.05) is 42.0 Å². The number of hydrogen-bond acceptors (Lipinski definition) is 3. The Labute approximate surface area is 159 Å².